The fraction of sp³-hybridized carbons (Fsp3) is 0.667. The largest absolute Gasteiger partial charge is 0.368 e. The van der Waals surface area contributed by atoms with Crippen molar-refractivity contribution in [2.45, 2.75) is 32.4 Å². The molecule has 0 saturated carbocycles. The van der Waals surface area contributed by atoms with Gasteiger partial charge in [-0.2, -0.15) is 0 Å². The lowest BCUT2D eigenvalue weighted by molar-refractivity contribution is -0.141. The van der Waals surface area contributed by atoms with Gasteiger partial charge in [-0.3, -0.25) is 4.79 Å². The Hall–Kier alpha value is -2.29. The van der Waals surface area contributed by atoms with Crippen LogP contribution in [0.4, 0.5) is 5.82 Å². The van der Waals surface area contributed by atoms with Crippen LogP contribution < -0.4 is 4.90 Å². The van der Waals surface area contributed by atoms with Crippen LogP contribution in [0.3, 0.4) is 0 Å². The van der Waals surface area contributed by atoms with Gasteiger partial charge in [0.25, 0.3) is 5.91 Å². The first-order valence-electron chi connectivity index (χ1n) is 8.47. The Morgan fingerprint density at radius 1 is 1.29 bits per heavy atom. The first kappa shape index (κ1) is 15.3. The second-order valence-electron chi connectivity index (χ2n) is 6.09. The molecule has 2 aliphatic heterocycles. The Kier molecular flexibility index (Phi) is 4.01. The molecule has 24 heavy (non-hydrogen) atoms. The van der Waals surface area contributed by atoms with E-state index in [1.54, 1.807) is 11.0 Å². The lowest BCUT2D eigenvalue weighted by Crippen LogP contribution is -2.51. The first-order valence-corrected chi connectivity index (χ1v) is 8.47. The number of ether oxygens (including phenoxy) is 1. The number of nitrogens with zero attached hydrogens (tertiary/aromatic N) is 7. The van der Waals surface area contributed by atoms with Crippen molar-refractivity contribution < 1.29 is 9.53 Å². The Bertz CT molecular complexity index is 732. The van der Waals surface area contributed by atoms with Gasteiger partial charge >= 0.3 is 0 Å². The highest BCUT2D eigenvalue weighted by atomic mass is 16.5. The summed E-state index contributed by atoms with van der Waals surface area (Å²) >= 11 is 0. The number of rotatable bonds is 3. The van der Waals surface area contributed by atoms with E-state index in [0.29, 0.717) is 19.7 Å². The second-order valence-corrected chi connectivity index (χ2v) is 6.09. The van der Waals surface area contributed by atoms with Crippen LogP contribution in [-0.4, -0.2) is 74.7 Å². The number of amides is 1. The summed E-state index contributed by atoms with van der Waals surface area (Å²) < 4.78 is 7.27. The number of aryl methyl sites for hydroxylation is 1. The number of aromatic nitrogens is 5. The third kappa shape index (κ3) is 2.58. The molecule has 0 N–H and O–H groups in total. The molecule has 9 heteroatoms. The average molecular weight is 331 g/mol. The fourth-order valence-electron chi connectivity index (χ4n) is 3.34. The summed E-state index contributed by atoms with van der Waals surface area (Å²) in [6, 6.07) is 0. The van der Waals surface area contributed by atoms with Crippen molar-refractivity contribution in [2.24, 2.45) is 0 Å². The minimum Gasteiger partial charge on any atom is -0.368 e. The van der Waals surface area contributed by atoms with Crippen molar-refractivity contribution in [1.82, 2.24) is 29.9 Å². The van der Waals surface area contributed by atoms with Crippen LogP contribution in [0.2, 0.25) is 0 Å². The van der Waals surface area contributed by atoms with Crippen molar-refractivity contribution in [1.29, 1.82) is 0 Å². The van der Waals surface area contributed by atoms with E-state index >= 15 is 0 Å². The summed E-state index contributed by atoms with van der Waals surface area (Å²) in [5, 5.41) is 8.35. The molecular weight excluding hydrogens is 310 g/mol. The standard InChI is InChI=1S/C15H21N7O2/c1-2-22-14-12(18-19-22)13(16-10-17-14)20-5-7-21(8-6-20)15(23)11-4-3-9-24-11/h10-11H,2-9H2,1H3/t11-/m0/s1. The second kappa shape index (κ2) is 6.31. The van der Waals surface area contributed by atoms with Crippen LogP contribution in [0, 0.1) is 0 Å². The molecule has 128 valence electrons. The van der Waals surface area contributed by atoms with Gasteiger partial charge in [-0.05, 0) is 19.8 Å². The first-order chi connectivity index (χ1) is 11.8. The SMILES string of the molecule is CCn1nnc2c(N3CCN(C(=O)[C@@H]4CCCO4)CC3)ncnc21. The van der Waals surface area contributed by atoms with Gasteiger partial charge in [0.2, 0.25) is 0 Å². The summed E-state index contributed by atoms with van der Waals surface area (Å²) in [5.41, 5.74) is 1.47. The van der Waals surface area contributed by atoms with Gasteiger partial charge in [0.1, 0.15) is 12.4 Å². The lowest BCUT2D eigenvalue weighted by Gasteiger charge is -2.36. The van der Waals surface area contributed by atoms with Gasteiger partial charge in [0.05, 0.1) is 0 Å². The molecule has 0 radical (unpaired) electrons. The Morgan fingerprint density at radius 3 is 2.83 bits per heavy atom. The Balaban J connectivity index is 1.48. The van der Waals surface area contributed by atoms with Gasteiger partial charge in [-0.25, -0.2) is 14.6 Å². The summed E-state index contributed by atoms with van der Waals surface area (Å²) in [6.07, 6.45) is 3.12. The van der Waals surface area contributed by atoms with E-state index in [0.717, 1.165) is 49.5 Å². The highest BCUT2D eigenvalue weighted by Crippen LogP contribution is 2.22. The molecular formula is C15H21N7O2. The van der Waals surface area contributed by atoms with Crippen molar-refractivity contribution >= 4 is 22.9 Å². The topological polar surface area (TPSA) is 89.3 Å². The smallest absolute Gasteiger partial charge is 0.251 e. The quantitative estimate of drug-likeness (QED) is 0.786. The summed E-state index contributed by atoms with van der Waals surface area (Å²) in [7, 11) is 0. The number of carbonyl (C=O) groups is 1. The molecule has 1 amide bonds. The molecule has 0 bridgehead atoms. The van der Waals surface area contributed by atoms with Crippen molar-refractivity contribution in [3.05, 3.63) is 6.33 Å². The summed E-state index contributed by atoms with van der Waals surface area (Å²) in [4.78, 5) is 25.2. The molecule has 0 unspecified atom stereocenters. The normalized spacial score (nSPS) is 21.6. The van der Waals surface area contributed by atoms with E-state index in [4.69, 9.17) is 4.74 Å². The molecule has 0 aromatic carbocycles. The summed E-state index contributed by atoms with van der Waals surface area (Å²) in [5.74, 6) is 0.917. The molecule has 4 heterocycles. The average Bonchev–Trinajstić information content (AvgIpc) is 3.30. The van der Waals surface area contributed by atoms with E-state index in [9.17, 15) is 4.79 Å². The van der Waals surface area contributed by atoms with E-state index < -0.39 is 0 Å². The minimum atomic E-state index is -0.244. The molecule has 2 fully saturated rings. The van der Waals surface area contributed by atoms with Crippen LogP contribution in [0.5, 0.6) is 0 Å². The number of fused-ring (bicyclic) bond motifs is 1. The zero-order valence-electron chi connectivity index (χ0n) is 13.8. The van der Waals surface area contributed by atoms with E-state index in [1.807, 2.05) is 11.8 Å². The molecule has 2 aromatic rings. The number of piperazine rings is 1. The Morgan fingerprint density at radius 2 is 2.12 bits per heavy atom. The predicted octanol–water partition coefficient (Wildman–Crippen LogP) is 0.0688. The van der Waals surface area contributed by atoms with Gasteiger partial charge in [-0.15, -0.1) is 5.10 Å². The van der Waals surface area contributed by atoms with Crippen LogP contribution in [0.15, 0.2) is 6.33 Å². The van der Waals surface area contributed by atoms with Crippen LogP contribution in [0.25, 0.3) is 11.2 Å². The highest BCUT2D eigenvalue weighted by Gasteiger charge is 2.31. The highest BCUT2D eigenvalue weighted by molar-refractivity contribution is 5.83. The van der Waals surface area contributed by atoms with Crippen LogP contribution in [0.1, 0.15) is 19.8 Å². The molecule has 2 aromatic heterocycles. The predicted molar refractivity (Wildman–Crippen MR) is 86.6 cm³/mol. The zero-order chi connectivity index (χ0) is 16.5. The molecule has 9 nitrogen and oxygen atoms in total. The van der Waals surface area contributed by atoms with Crippen molar-refractivity contribution in [2.75, 3.05) is 37.7 Å². The lowest BCUT2D eigenvalue weighted by atomic mass is 10.2. The van der Waals surface area contributed by atoms with E-state index in [2.05, 4.69) is 25.2 Å². The monoisotopic (exact) mass is 331 g/mol. The number of carbonyl (C=O) groups excluding carboxylic acids is 1. The number of hydrogen-bond acceptors (Lipinski definition) is 7. The Labute approximate surface area is 139 Å². The maximum atomic E-state index is 12.4. The minimum absolute atomic E-state index is 0.122. The third-order valence-corrected chi connectivity index (χ3v) is 4.68. The van der Waals surface area contributed by atoms with Crippen molar-refractivity contribution in [3.63, 3.8) is 0 Å². The summed E-state index contributed by atoms with van der Waals surface area (Å²) in [6.45, 7) is 6.22. The molecule has 4 rings (SSSR count). The van der Waals surface area contributed by atoms with Crippen molar-refractivity contribution in [3.8, 4) is 0 Å². The molecule has 0 spiro atoms. The maximum Gasteiger partial charge on any atom is 0.251 e. The zero-order valence-corrected chi connectivity index (χ0v) is 13.8. The van der Waals surface area contributed by atoms with Gasteiger partial charge in [0.15, 0.2) is 17.0 Å². The fourth-order valence-corrected chi connectivity index (χ4v) is 3.34. The van der Waals surface area contributed by atoms with E-state index in [1.165, 1.54) is 0 Å². The van der Waals surface area contributed by atoms with Crippen LogP contribution >= 0.6 is 0 Å². The number of anilines is 1. The number of hydrogen-bond donors (Lipinski definition) is 0. The molecule has 1 atom stereocenters. The van der Waals surface area contributed by atoms with Crippen LogP contribution in [-0.2, 0) is 16.1 Å². The van der Waals surface area contributed by atoms with E-state index in [-0.39, 0.29) is 12.0 Å². The van der Waals surface area contributed by atoms with Gasteiger partial charge < -0.3 is 14.5 Å². The maximum absolute atomic E-state index is 12.4. The molecule has 0 aliphatic carbocycles. The molecule has 2 saturated heterocycles. The van der Waals surface area contributed by atoms with Gasteiger partial charge in [-0.1, -0.05) is 5.21 Å². The van der Waals surface area contributed by atoms with Gasteiger partial charge in [0, 0.05) is 39.3 Å². The third-order valence-electron chi connectivity index (χ3n) is 4.68. The molecule has 2 aliphatic rings.